The SMILES string of the molecule is COc1cc(C)c(NC(=O)C2([P+](C)(C)[S-])CC2)c(C)c1. The molecule has 1 aromatic carbocycles. The number of carbonyl (C=O) groups excluding carboxylic acids is 1. The number of hydrogen-bond acceptors (Lipinski definition) is 3. The van der Waals surface area contributed by atoms with Crippen LogP contribution in [-0.2, 0) is 17.0 Å². The lowest BCUT2D eigenvalue weighted by molar-refractivity contribution is -0.116. The maximum atomic E-state index is 12.6. The molecule has 0 saturated heterocycles. The van der Waals surface area contributed by atoms with E-state index < -0.39 is 6.46 Å². The molecule has 5 heteroatoms. The van der Waals surface area contributed by atoms with Crippen LogP contribution >= 0.6 is 6.46 Å². The van der Waals surface area contributed by atoms with Gasteiger partial charge >= 0.3 is 0 Å². The Morgan fingerprint density at radius 3 is 2.15 bits per heavy atom. The van der Waals surface area contributed by atoms with Crippen molar-refractivity contribution in [2.45, 2.75) is 31.8 Å². The molecular formula is C15H22NO2PS. The second-order valence-electron chi connectivity index (χ2n) is 5.97. The van der Waals surface area contributed by atoms with Crippen molar-refractivity contribution < 1.29 is 9.53 Å². The van der Waals surface area contributed by atoms with E-state index in [1.54, 1.807) is 7.11 Å². The van der Waals surface area contributed by atoms with E-state index in [9.17, 15) is 4.79 Å². The minimum Gasteiger partial charge on any atom is -0.556 e. The van der Waals surface area contributed by atoms with Crippen molar-refractivity contribution in [2.24, 2.45) is 0 Å². The monoisotopic (exact) mass is 311 g/mol. The molecule has 0 aromatic heterocycles. The van der Waals surface area contributed by atoms with Gasteiger partial charge in [0.25, 0.3) is 5.91 Å². The van der Waals surface area contributed by atoms with Gasteiger partial charge in [-0.2, -0.15) is 0 Å². The fourth-order valence-electron chi connectivity index (χ4n) is 2.60. The first-order chi connectivity index (χ1) is 9.21. The molecule has 2 rings (SSSR count). The Bertz CT molecular complexity index is 524. The summed E-state index contributed by atoms with van der Waals surface area (Å²) in [6.45, 7) is 6.51. The lowest BCUT2D eigenvalue weighted by Gasteiger charge is -2.32. The summed E-state index contributed by atoms with van der Waals surface area (Å²) < 4.78 is 5.25. The molecule has 0 atom stereocenters. The van der Waals surface area contributed by atoms with Gasteiger partial charge in [-0.15, -0.1) is 0 Å². The summed E-state index contributed by atoms with van der Waals surface area (Å²) >= 11 is 5.61. The number of benzene rings is 1. The standard InChI is InChI=1S/C15H22NO2PS/c1-10-8-12(18-3)9-11(2)13(10)16-14(17)15(6-7-15)19(4,5)20/h8-9H,6-7H2,1-5H3,(H,16,17). The summed E-state index contributed by atoms with van der Waals surface area (Å²) in [5.41, 5.74) is 2.93. The van der Waals surface area contributed by atoms with Gasteiger partial charge in [0, 0.05) is 19.0 Å². The topological polar surface area (TPSA) is 38.3 Å². The summed E-state index contributed by atoms with van der Waals surface area (Å²) in [7, 11) is 1.65. The zero-order valence-electron chi connectivity index (χ0n) is 12.7. The van der Waals surface area contributed by atoms with E-state index in [1.807, 2.05) is 26.0 Å². The van der Waals surface area contributed by atoms with Crippen LogP contribution in [0.15, 0.2) is 12.1 Å². The van der Waals surface area contributed by atoms with E-state index in [-0.39, 0.29) is 11.1 Å². The summed E-state index contributed by atoms with van der Waals surface area (Å²) in [5.74, 6) is 0.914. The van der Waals surface area contributed by atoms with E-state index in [0.29, 0.717) is 0 Å². The second kappa shape index (κ2) is 5.23. The Hall–Kier alpha value is -0.730. The Morgan fingerprint density at radius 2 is 1.80 bits per heavy atom. The third-order valence-corrected chi connectivity index (χ3v) is 7.92. The molecule has 1 N–H and O–H groups in total. The van der Waals surface area contributed by atoms with Crippen LogP contribution in [-0.4, -0.2) is 31.5 Å². The van der Waals surface area contributed by atoms with Crippen LogP contribution in [0.3, 0.4) is 0 Å². The molecule has 1 aromatic rings. The Morgan fingerprint density at radius 1 is 1.30 bits per heavy atom. The highest BCUT2D eigenvalue weighted by Gasteiger charge is 2.60. The molecule has 1 aliphatic carbocycles. The van der Waals surface area contributed by atoms with Crippen molar-refractivity contribution in [3.63, 3.8) is 0 Å². The van der Waals surface area contributed by atoms with E-state index in [1.165, 1.54) is 0 Å². The average Bonchev–Trinajstić information content (AvgIpc) is 3.13. The second-order valence-corrected chi connectivity index (χ2v) is 12.3. The molecule has 0 unspecified atom stereocenters. The Labute approximate surface area is 127 Å². The number of hydrogen-bond donors (Lipinski definition) is 1. The van der Waals surface area contributed by atoms with Crippen LogP contribution in [0.5, 0.6) is 5.75 Å². The van der Waals surface area contributed by atoms with Gasteiger partial charge in [0.2, 0.25) is 0 Å². The van der Waals surface area contributed by atoms with Crippen LogP contribution in [0.2, 0.25) is 0 Å². The van der Waals surface area contributed by atoms with Crippen LogP contribution in [0.4, 0.5) is 5.69 Å². The lowest BCUT2D eigenvalue weighted by atomic mass is 10.1. The summed E-state index contributed by atoms with van der Waals surface area (Å²) in [6.07, 6.45) is 1.86. The molecule has 0 spiro atoms. The van der Waals surface area contributed by atoms with Gasteiger partial charge in [0.05, 0.1) is 7.11 Å². The maximum Gasteiger partial charge on any atom is 0.266 e. The van der Waals surface area contributed by atoms with Crippen molar-refractivity contribution in [3.8, 4) is 5.75 Å². The Balaban J connectivity index is 2.26. The molecule has 20 heavy (non-hydrogen) atoms. The van der Waals surface area contributed by atoms with Crippen LogP contribution < -0.4 is 10.1 Å². The number of aryl methyl sites for hydroxylation is 2. The predicted octanol–water partition coefficient (Wildman–Crippen LogP) is 3.52. The van der Waals surface area contributed by atoms with Gasteiger partial charge in [-0.25, -0.2) is 0 Å². The number of methoxy groups -OCH3 is 1. The van der Waals surface area contributed by atoms with Crippen LogP contribution in [0.1, 0.15) is 24.0 Å². The molecule has 0 heterocycles. The molecule has 0 bridgehead atoms. The molecule has 3 nitrogen and oxygen atoms in total. The number of anilines is 1. The summed E-state index contributed by atoms with van der Waals surface area (Å²) in [4.78, 5) is 12.6. The first-order valence-corrected chi connectivity index (χ1v) is 10.4. The van der Waals surface area contributed by atoms with Crippen molar-refractivity contribution in [3.05, 3.63) is 23.3 Å². The fourth-order valence-corrected chi connectivity index (χ4v) is 5.13. The van der Waals surface area contributed by atoms with E-state index in [4.69, 9.17) is 17.0 Å². The minimum atomic E-state index is -1.60. The van der Waals surface area contributed by atoms with Crippen molar-refractivity contribution in [2.75, 3.05) is 25.8 Å². The number of carbonyl (C=O) groups is 1. The number of ether oxygens (including phenoxy) is 1. The molecule has 1 fully saturated rings. The quantitative estimate of drug-likeness (QED) is 0.683. The highest BCUT2D eigenvalue weighted by atomic mass is 32.7. The summed E-state index contributed by atoms with van der Waals surface area (Å²) in [6, 6.07) is 3.88. The lowest BCUT2D eigenvalue weighted by Crippen LogP contribution is -2.31. The molecule has 0 aliphatic heterocycles. The van der Waals surface area contributed by atoms with E-state index in [0.717, 1.165) is 35.4 Å². The fraction of sp³-hybridized carbons (Fsp3) is 0.533. The molecule has 1 aliphatic rings. The zero-order valence-corrected chi connectivity index (χ0v) is 14.5. The van der Waals surface area contributed by atoms with Gasteiger partial charge in [-0.1, -0.05) is 6.46 Å². The number of nitrogens with one attached hydrogen (secondary N) is 1. The molecule has 1 saturated carbocycles. The largest absolute Gasteiger partial charge is 0.556 e. The van der Waals surface area contributed by atoms with Gasteiger partial charge in [-0.05, 0) is 49.9 Å². The normalized spacial score (nSPS) is 16.7. The molecule has 110 valence electrons. The molecular weight excluding hydrogens is 289 g/mol. The molecule has 0 radical (unpaired) electrons. The number of amides is 1. The molecule has 1 amide bonds. The first kappa shape index (κ1) is 15.7. The van der Waals surface area contributed by atoms with Crippen molar-refractivity contribution >= 4 is 30.3 Å². The van der Waals surface area contributed by atoms with E-state index in [2.05, 4.69) is 18.6 Å². The predicted molar refractivity (Wildman–Crippen MR) is 89.2 cm³/mol. The average molecular weight is 311 g/mol. The smallest absolute Gasteiger partial charge is 0.266 e. The minimum absolute atomic E-state index is 0.0993. The maximum absolute atomic E-state index is 12.6. The van der Waals surface area contributed by atoms with Gasteiger partial charge in [0.1, 0.15) is 10.9 Å². The highest BCUT2D eigenvalue weighted by Crippen LogP contribution is 2.72. The van der Waals surface area contributed by atoms with Gasteiger partial charge < -0.3 is 22.3 Å². The zero-order chi connectivity index (χ0) is 15.1. The third kappa shape index (κ3) is 2.68. The first-order valence-electron chi connectivity index (χ1n) is 6.73. The third-order valence-electron chi connectivity index (χ3n) is 4.16. The van der Waals surface area contributed by atoms with E-state index >= 15 is 0 Å². The van der Waals surface area contributed by atoms with Gasteiger partial charge in [-0.3, -0.25) is 4.79 Å². The van der Waals surface area contributed by atoms with Crippen LogP contribution in [0, 0.1) is 13.8 Å². The Kier molecular flexibility index (Phi) is 4.10. The van der Waals surface area contributed by atoms with Crippen LogP contribution in [0.25, 0.3) is 0 Å². The highest BCUT2D eigenvalue weighted by molar-refractivity contribution is 8.42. The van der Waals surface area contributed by atoms with Crippen molar-refractivity contribution in [1.82, 2.24) is 0 Å². The van der Waals surface area contributed by atoms with Crippen molar-refractivity contribution in [1.29, 1.82) is 0 Å². The number of rotatable bonds is 4. The van der Waals surface area contributed by atoms with Gasteiger partial charge in [0.15, 0.2) is 0 Å². The summed E-state index contributed by atoms with van der Waals surface area (Å²) in [5, 5.41) is 2.83.